The maximum atomic E-state index is 12.4. The van der Waals surface area contributed by atoms with Crippen molar-refractivity contribution in [3.8, 4) is 0 Å². The Labute approximate surface area is 151 Å². The van der Waals surface area contributed by atoms with Crippen LogP contribution in [0.25, 0.3) is 5.65 Å². The Hall–Kier alpha value is -2.70. The van der Waals surface area contributed by atoms with Crippen LogP contribution in [0.5, 0.6) is 0 Å². The minimum Gasteiger partial charge on any atom is -0.349 e. The van der Waals surface area contributed by atoms with Crippen LogP contribution in [0.3, 0.4) is 0 Å². The van der Waals surface area contributed by atoms with Crippen molar-refractivity contribution in [2.24, 2.45) is 11.8 Å². The summed E-state index contributed by atoms with van der Waals surface area (Å²) in [5, 5.41) is 2.77. The molecule has 2 fully saturated rings. The summed E-state index contributed by atoms with van der Waals surface area (Å²) in [5.74, 6) is -1.13. The smallest absolute Gasteiger partial charge is 0.240 e. The zero-order valence-electron chi connectivity index (χ0n) is 14.8. The fourth-order valence-corrected chi connectivity index (χ4v) is 4.07. The summed E-state index contributed by atoms with van der Waals surface area (Å²) in [4.78, 5) is 42.8. The number of imide groups is 1. The monoisotopic (exact) mass is 354 g/mol. The number of amides is 3. The summed E-state index contributed by atoms with van der Waals surface area (Å²) in [6.45, 7) is 2.05. The van der Waals surface area contributed by atoms with Crippen LogP contribution >= 0.6 is 0 Å². The molecule has 2 aromatic heterocycles. The number of aromatic nitrogens is 2. The van der Waals surface area contributed by atoms with Crippen LogP contribution in [0.1, 0.15) is 36.9 Å². The first-order chi connectivity index (χ1) is 12.5. The minimum absolute atomic E-state index is 0.182. The van der Waals surface area contributed by atoms with Gasteiger partial charge in [-0.05, 0) is 31.4 Å². The summed E-state index contributed by atoms with van der Waals surface area (Å²) in [7, 11) is 0. The Balaban J connectivity index is 1.38. The fraction of sp³-hybridized carbons (Fsp3) is 0.474. The molecule has 7 heteroatoms. The maximum Gasteiger partial charge on any atom is 0.240 e. The van der Waals surface area contributed by atoms with Gasteiger partial charge in [0.2, 0.25) is 17.7 Å². The number of imidazole rings is 1. The summed E-state index contributed by atoms with van der Waals surface area (Å²) in [5.41, 5.74) is 2.65. The molecule has 2 unspecified atom stereocenters. The molecule has 2 aromatic rings. The zero-order chi connectivity index (χ0) is 18.3. The van der Waals surface area contributed by atoms with Gasteiger partial charge in [0.25, 0.3) is 0 Å². The van der Waals surface area contributed by atoms with Gasteiger partial charge in [-0.15, -0.1) is 0 Å². The number of hydrogen-bond donors (Lipinski definition) is 1. The molecule has 1 aliphatic carbocycles. The van der Waals surface area contributed by atoms with Gasteiger partial charge in [-0.25, -0.2) is 4.98 Å². The molecule has 1 N–H and O–H groups in total. The largest absolute Gasteiger partial charge is 0.349 e. The number of carbonyl (C=O) groups excluding carboxylic acids is 3. The summed E-state index contributed by atoms with van der Waals surface area (Å²) in [6.07, 6.45) is 7.25. The first-order valence-corrected chi connectivity index (χ1v) is 9.09. The molecule has 3 heterocycles. The molecule has 1 saturated heterocycles. The molecule has 0 aromatic carbocycles. The number of fused-ring (bicyclic) bond motifs is 2. The van der Waals surface area contributed by atoms with Gasteiger partial charge in [0, 0.05) is 12.4 Å². The lowest BCUT2D eigenvalue weighted by atomic mass is 9.81. The van der Waals surface area contributed by atoms with Crippen LogP contribution in [-0.2, 0) is 20.9 Å². The first kappa shape index (κ1) is 16.8. The number of carbonyl (C=O) groups is 3. The molecule has 0 bridgehead atoms. The Morgan fingerprint density at radius 1 is 1.23 bits per heavy atom. The molecular weight excluding hydrogens is 332 g/mol. The third-order valence-electron chi connectivity index (χ3n) is 5.43. The first-order valence-electron chi connectivity index (χ1n) is 9.09. The molecule has 2 aliphatic rings. The number of hydrogen-bond acceptors (Lipinski definition) is 4. The number of pyridine rings is 1. The van der Waals surface area contributed by atoms with E-state index in [9.17, 15) is 14.4 Å². The van der Waals surface area contributed by atoms with Crippen LogP contribution in [0.2, 0.25) is 0 Å². The lowest BCUT2D eigenvalue weighted by Crippen LogP contribution is -2.40. The second kappa shape index (κ2) is 6.55. The number of aryl methyl sites for hydroxylation is 1. The van der Waals surface area contributed by atoms with Gasteiger partial charge < -0.3 is 9.72 Å². The van der Waals surface area contributed by atoms with E-state index in [4.69, 9.17) is 0 Å². The molecule has 4 rings (SSSR count). The molecule has 3 amide bonds. The second-order valence-electron chi connectivity index (χ2n) is 7.19. The normalized spacial score (nSPS) is 22.7. The molecule has 1 saturated carbocycles. The van der Waals surface area contributed by atoms with Crippen molar-refractivity contribution in [2.45, 2.75) is 39.2 Å². The quantitative estimate of drug-likeness (QED) is 0.842. The highest BCUT2D eigenvalue weighted by molar-refractivity contribution is 6.07. The molecule has 136 valence electrons. The Morgan fingerprint density at radius 3 is 2.58 bits per heavy atom. The highest BCUT2D eigenvalue weighted by Crippen LogP contribution is 2.37. The van der Waals surface area contributed by atoms with Gasteiger partial charge >= 0.3 is 0 Å². The van der Waals surface area contributed by atoms with Gasteiger partial charge in [0.05, 0.1) is 24.1 Å². The van der Waals surface area contributed by atoms with Gasteiger partial charge in [0.15, 0.2) is 0 Å². The van der Waals surface area contributed by atoms with Crippen molar-refractivity contribution in [1.29, 1.82) is 0 Å². The lowest BCUT2D eigenvalue weighted by Gasteiger charge is -2.19. The lowest BCUT2D eigenvalue weighted by molar-refractivity contribution is -0.143. The Kier molecular flexibility index (Phi) is 4.22. The number of rotatable bonds is 4. The van der Waals surface area contributed by atoms with Crippen molar-refractivity contribution in [1.82, 2.24) is 19.6 Å². The van der Waals surface area contributed by atoms with E-state index in [1.807, 2.05) is 35.9 Å². The number of likely N-dealkylation sites (tertiary alicyclic amines) is 1. The second-order valence-corrected chi connectivity index (χ2v) is 7.19. The van der Waals surface area contributed by atoms with E-state index in [2.05, 4.69) is 10.3 Å². The van der Waals surface area contributed by atoms with E-state index in [1.165, 1.54) is 0 Å². The standard InChI is InChI=1S/C19H22N4O3/c1-12-5-4-8-22-10-13(21-17(12)22)9-20-16(24)11-23-18(25)14-6-2-3-7-15(14)19(23)26/h4-5,8,10,14-15H,2-3,6-7,9,11H2,1H3,(H,20,24). The van der Waals surface area contributed by atoms with Gasteiger partial charge in [-0.3, -0.25) is 19.3 Å². The van der Waals surface area contributed by atoms with Crippen molar-refractivity contribution in [3.63, 3.8) is 0 Å². The van der Waals surface area contributed by atoms with E-state index in [1.54, 1.807) is 0 Å². The number of nitrogens with zero attached hydrogens (tertiary/aromatic N) is 3. The summed E-state index contributed by atoms with van der Waals surface area (Å²) in [6, 6.07) is 3.92. The van der Waals surface area contributed by atoms with Crippen LogP contribution in [0.15, 0.2) is 24.5 Å². The molecule has 7 nitrogen and oxygen atoms in total. The molecule has 1 aliphatic heterocycles. The molecule has 0 radical (unpaired) electrons. The molecule has 26 heavy (non-hydrogen) atoms. The average molecular weight is 354 g/mol. The Bertz CT molecular complexity index is 864. The number of nitrogens with one attached hydrogen (secondary N) is 1. The maximum absolute atomic E-state index is 12.4. The SMILES string of the molecule is Cc1cccn2cc(CNC(=O)CN3C(=O)C4CCCCC4C3=O)nc12. The van der Waals surface area contributed by atoms with E-state index < -0.39 is 0 Å². The summed E-state index contributed by atoms with van der Waals surface area (Å²) >= 11 is 0. The molecule has 2 atom stereocenters. The Morgan fingerprint density at radius 2 is 1.92 bits per heavy atom. The third-order valence-corrected chi connectivity index (χ3v) is 5.43. The fourth-order valence-electron chi connectivity index (χ4n) is 4.07. The van der Waals surface area contributed by atoms with E-state index in [-0.39, 0.29) is 42.6 Å². The van der Waals surface area contributed by atoms with Gasteiger partial charge in [-0.1, -0.05) is 18.9 Å². The van der Waals surface area contributed by atoms with Crippen LogP contribution in [0.4, 0.5) is 0 Å². The van der Waals surface area contributed by atoms with E-state index in [0.29, 0.717) is 0 Å². The van der Waals surface area contributed by atoms with E-state index >= 15 is 0 Å². The van der Waals surface area contributed by atoms with Crippen molar-refractivity contribution < 1.29 is 14.4 Å². The van der Waals surface area contributed by atoms with Crippen LogP contribution in [0, 0.1) is 18.8 Å². The predicted octanol–water partition coefficient (Wildman–Crippen LogP) is 1.43. The highest BCUT2D eigenvalue weighted by atomic mass is 16.2. The third kappa shape index (κ3) is 2.87. The van der Waals surface area contributed by atoms with Gasteiger partial charge in [0.1, 0.15) is 12.2 Å². The van der Waals surface area contributed by atoms with Crippen molar-refractivity contribution in [2.75, 3.05) is 6.54 Å². The summed E-state index contributed by atoms with van der Waals surface area (Å²) < 4.78 is 1.91. The predicted molar refractivity (Wildman–Crippen MR) is 93.9 cm³/mol. The van der Waals surface area contributed by atoms with Crippen molar-refractivity contribution >= 4 is 23.4 Å². The van der Waals surface area contributed by atoms with Crippen LogP contribution < -0.4 is 5.32 Å². The van der Waals surface area contributed by atoms with E-state index in [0.717, 1.165) is 47.5 Å². The van der Waals surface area contributed by atoms with Crippen molar-refractivity contribution in [3.05, 3.63) is 35.8 Å². The minimum atomic E-state index is -0.334. The zero-order valence-corrected chi connectivity index (χ0v) is 14.8. The molecular formula is C19H22N4O3. The van der Waals surface area contributed by atoms with Gasteiger partial charge in [-0.2, -0.15) is 0 Å². The highest BCUT2D eigenvalue weighted by Gasteiger charge is 2.48. The average Bonchev–Trinajstić information content (AvgIpc) is 3.16. The molecule has 0 spiro atoms. The van der Waals surface area contributed by atoms with Crippen LogP contribution in [-0.4, -0.2) is 38.6 Å². The topological polar surface area (TPSA) is 83.8 Å².